The van der Waals surface area contributed by atoms with E-state index in [1.54, 1.807) is 23.1 Å². The molecule has 0 unspecified atom stereocenters. The Bertz CT molecular complexity index is 807. The first kappa shape index (κ1) is 11.9. The Morgan fingerprint density at radius 3 is 2.75 bits per heavy atom. The van der Waals surface area contributed by atoms with Crippen molar-refractivity contribution in [1.29, 1.82) is 0 Å². The van der Waals surface area contributed by atoms with Gasteiger partial charge in [-0.1, -0.05) is 0 Å². The highest BCUT2D eigenvalue weighted by Gasteiger charge is 2.09. The van der Waals surface area contributed by atoms with Gasteiger partial charge in [0, 0.05) is 34.2 Å². The third-order valence-corrected chi connectivity index (χ3v) is 5.09. The minimum atomic E-state index is 0.922. The highest BCUT2D eigenvalue weighted by molar-refractivity contribution is 7.13. The molecule has 0 fully saturated rings. The summed E-state index contributed by atoms with van der Waals surface area (Å²) in [6, 6.07) is 4.05. The van der Waals surface area contributed by atoms with Crippen molar-refractivity contribution in [2.75, 3.05) is 0 Å². The van der Waals surface area contributed by atoms with E-state index in [9.17, 15) is 0 Å². The Morgan fingerprint density at radius 1 is 0.850 bits per heavy atom. The monoisotopic (exact) mass is 298 g/mol. The minimum absolute atomic E-state index is 0.922. The molecule has 0 saturated heterocycles. The summed E-state index contributed by atoms with van der Waals surface area (Å²) in [7, 11) is 0. The number of pyridine rings is 2. The molecule has 0 atom stereocenters. The zero-order valence-corrected chi connectivity index (χ0v) is 12.1. The normalized spacial score (nSPS) is 11.4. The second kappa shape index (κ2) is 4.88. The van der Waals surface area contributed by atoms with Gasteiger partial charge in [0.1, 0.15) is 5.52 Å². The van der Waals surface area contributed by atoms with Crippen LogP contribution in [-0.4, -0.2) is 18.7 Å². The highest BCUT2D eigenvalue weighted by Crippen LogP contribution is 2.26. The van der Waals surface area contributed by atoms with E-state index in [-0.39, 0.29) is 0 Å². The highest BCUT2D eigenvalue weighted by atomic mass is 32.1. The maximum absolute atomic E-state index is 4.55. The Balaban J connectivity index is 1.64. The maximum atomic E-state index is 4.55. The Kier molecular flexibility index (Phi) is 2.90. The molecule has 0 aliphatic carbocycles. The van der Waals surface area contributed by atoms with E-state index in [0.29, 0.717) is 0 Å². The fraction of sp³-hybridized carbons (Fsp3) is 0.143. The lowest BCUT2D eigenvalue weighted by atomic mass is 10.1. The molecule has 4 nitrogen and oxygen atoms in total. The Labute approximate surface area is 123 Å². The van der Waals surface area contributed by atoms with Gasteiger partial charge in [0.05, 0.1) is 16.6 Å². The maximum Gasteiger partial charge on any atom is 0.103 e. The van der Waals surface area contributed by atoms with Gasteiger partial charge in [-0.2, -0.15) is 8.75 Å². The summed E-state index contributed by atoms with van der Waals surface area (Å²) in [6.07, 6.45) is 9.24. The quantitative estimate of drug-likeness (QED) is 0.581. The van der Waals surface area contributed by atoms with Crippen LogP contribution in [0.1, 0.15) is 10.6 Å². The van der Waals surface area contributed by atoms with Crippen molar-refractivity contribution in [2.24, 2.45) is 0 Å². The third kappa shape index (κ3) is 1.97. The van der Waals surface area contributed by atoms with E-state index in [0.717, 1.165) is 24.1 Å². The summed E-state index contributed by atoms with van der Waals surface area (Å²) < 4.78 is 10.2. The molecule has 6 heteroatoms. The third-order valence-electron chi connectivity index (χ3n) is 3.29. The predicted octanol–water partition coefficient (Wildman–Crippen LogP) is 3.48. The lowest BCUT2D eigenvalue weighted by Crippen LogP contribution is -1.90. The van der Waals surface area contributed by atoms with E-state index in [2.05, 4.69) is 18.7 Å². The fourth-order valence-corrected chi connectivity index (χ4v) is 3.88. The Morgan fingerprint density at radius 2 is 1.75 bits per heavy atom. The second-order valence-electron chi connectivity index (χ2n) is 4.50. The van der Waals surface area contributed by atoms with E-state index in [1.807, 2.05) is 36.9 Å². The fourth-order valence-electron chi connectivity index (χ4n) is 2.27. The van der Waals surface area contributed by atoms with Gasteiger partial charge in [0.15, 0.2) is 0 Å². The number of aromatic nitrogens is 4. The van der Waals surface area contributed by atoms with Crippen LogP contribution in [0.4, 0.5) is 0 Å². The van der Waals surface area contributed by atoms with E-state index < -0.39 is 0 Å². The number of hydrogen-bond donors (Lipinski definition) is 0. The largest absolute Gasteiger partial charge is 0.264 e. The van der Waals surface area contributed by atoms with Gasteiger partial charge in [0.25, 0.3) is 0 Å². The molecule has 0 spiro atoms. The molecule has 0 amide bonds. The molecular formula is C14H10N4S2. The molecule has 0 aromatic carbocycles. The molecule has 0 saturated carbocycles. The lowest BCUT2D eigenvalue weighted by Gasteiger charge is -1.97. The zero-order chi connectivity index (χ0) is 13.4. The number of hydrogen-bond acceptors (Lipinski definition) is 6. The standard InChI is InChI=1S/C14H10N4S2/c1(11-10-7-15-6-4-14(10)20-17-11)2-13-9-3-5-16-8-12(9)18-19-13/h3-8H,1-2H2. The van der Waals surface area contributed by atoms with Crippen molar-refractivity contribution in [2.45, 2.75) is 12.8 Å². The molecule has 0 bridgehead atoms. The molecule has 20 heavy (non-hydrogen) atoms. The smallest absolute Gasteiger partial charge is 0.103 e. The van der Waals surface area contributed by atoms with Crippen LogP contribution in [0.25, 0.3) is 21.0 Å². The number of nitrogens with zero attached hydrogens (tertiary/aromatic N) is 4. The Hall–Kier alpha value is -1.92. The first-order valence-electron chi connectivity index (χ1n) is 6.28. The summed E-state index contributed by atoms with van der Waals surface area (Å²) in [5, 5.41) is 2.38. The van der Waals surface area contributed by atoms with Crippen molar-refractivity contribution in [1.82, 2.24) is 18.7 Å². The second-order valence-corrected chi connectivity index (χ2v) is 6.16. The van der Waals surface area contributed by atoms with Gasteiger partial charge in [-0.05, 0) is 48.0 Å². The first-order valence-corrected chi connectivity index (χ1v) is 7.83. The van der Waals surface area contributed by atoms with Crippen molar-refractivity contribution in [3.8, 4) is 0 Å². The van der Waals surface area contributed by atoms with Gasteiger partial charge < -0.3 is 0 Å². The molecule has 98 valence electrons. The van der Waals surface area contributed by atoms with Crippen LogP contribution < -0.4 is 0 Å². The summed E-state index contributed by atoms with van der Waals surface area (Å²) in [6.45, 7) is 0. The van der Waals surface area contributed by atoms with E-state index in [1.165, 1.54) is 20.3 Å². The van der Waals surface area contributed by atoms with Crippen LogP contribution in [0.2, 0.25) is 0 Å². The average Bonchev–Trinajstić information content (AvgIpc) is 3.09. The predicted molar refractivity (Wildman–Crippen MR) is 82.2 cm³/mol. The number of fused-ring (bicyclic) bond motifs is 2. The molecular weight excluding hydrogens is 288 g/mol. The number of rotatable bonds is 3. The minimum Gasteiger partial charge on any atom is -0.264 e. The average molecular weight is 298 g/mol. The summed E-state index contributed by atoms with van der Waals surface area (Å²) in [5.74, 6) is 0. The van der Waals surface area contributed by atoms with Crippen molar-refractivity contribution in [3.05, 3.63) is 47.5 Å². The van der Waals surface area contributed by atoms with Gasteiger partial charge in [0.2, 0.25) is 0 Å². The molecule has 4 aromatic heterocycles. The van der Waals surface area contributed by atoms with Gasteiger partial charge in [-0.25, -0.2) is 0 Å². The van der Waals surface area contributed by atoms with Crippen LogP contribution in [0.3, 0.4) is 0 Å². The van der Waals surface area contributed by atoms with Crippen molar-refractivity contribution >= 4 is 44.1 Å². The molecule has 0 N–H and O–H groups in total. The SMILES string of the molecule is c1cc2c(CCc3nsc4ccncc34)snc2cn1. The molecule has 0 radical (unpaired) electrons. The van der Waals surface area contributed by atoms with Crippen molar-refractivity contribution < 1.29 is 0 Å². The van der Waals surface area contributed by atoms with Gasteiger partial charge in [-0.15, -0.1) is 0 Å². The van der Waals surface area contributed by atoms with Crippen LogP contribution in [0, 0.1) is 0 Å². The van der Waals surface area contributed by atoms with Crippen LogP contribution in [-0.2, 0) is 12.8 Å². The molecule has 0 aliphatic heterocycles. The van der Waals surface area contributed by atoms with Crippen LogP contribution in [0.5, 0.6) is 0 Å². The number of aryl methyl sites for hydroxylation is 2. The lowest BCUT2D eigenvalue weighted by molar-refractivity contribution is 0.967. The van der Waals surface area contributed by atoms with E-state index in [4.69, 9.17) is 0 Å². The van der Waals surface area contributed by atoms with Crippen LogP contribution in [0.15, 0.2) is 36.9 Å². The molecule has 4 rings (SSSR count). The first-order chi connectivity index (χ1) is 9.92. The summed E-state index contributed by atoms with van der Waals surface area (Å²) >= 11 is 3.10. The van der Waals surface area contributed by atoms with Crippen molar-refractivity contribution in [3.63, 3.8) is 0 Å². The van der Waals surface area contributed by atoms with Crippen LogP contribution >= 0.6 is 23.1 Å². The topological polar surface area (TPSA) is 51.6 Å². The van der Waals surface area contributed by atoms with Gasteiger partial charge in [-0.3, -0.25) is 9.97 Å². The summed E-state index contributed by atoms with van der Waals surface area (Å²) in [5.41, 5.74) is 2.12. The molecule has 4 aromatic rings. The van der Waals surface area contributed by atoms with Gasteiger partial charge >= 0.3 is 0 Å². The molecule has 0 aliphatic rings. The van der Waals surface area contributed by atoms with E-state index >= 15 is 0 Å². The zero-order valence-electron chi connectivity index (χ0n) is 10.5. The summed E-state index contributed by atoms with van der Waals surface area (Å²) in [4.78, 5) is 9.59. The molecule has 4 heterocycles.